The average molecular weight is 454 g/mol. The van der Waals surface area contributed by atoms with Crippen LogP contribution in [0.25, 0.3) is 22.3 Å². The van der Waals surface area contributed by atoms with Gasteiger partial charge < -0.3 is 29.4 Å². The van der Waals surface area contributed by atoms with Gasteiger partial charge in [0.1, 0.15) is 24.0 Å². The van der Waals surface area contributed by atoms with E-state index in [2.05, 4.69) is 9.97 Å². The van der Waals surface area contributed by atoms with Crippen molar-refractivity contribution in [2.75, 3.05) is 13.2 Å². The minimum atomic E-state index is -0.641. The van der Waals surface area contributed by atoms with Crippen LogP contribution in [0.1, 0.15) is 37.2 Å². The molecule has 1 aromatic carbocycles. The third-order valence-corrected chi connectivity index (χ3v) is 7.13. The molecule has 8 heteroatoms. The van der Waals surface area contributed by atoms with Crippen molar-refractivity contribution in [3.8, 4) is 17.1 Å². The molecule has 3 aromatic rings. The summed E-state index contributed by atoms with van der Waals surface area (Å²) in [5.41, 5.74) is 3.18. The zero-order valence-corrected chi connectivity index (χ0v) is 18.1. The average Bonchev–Trinajstić information content (AvgIpc) is 3.50. The van der Waals surface area contributed by atoms with Crippen molar-refractivity contribution < 1.29 is 28.8 Å². The number of nitrogens with zero attached hydrogens (tertiary/aromatic N) is 1. The topological polar surface area (TPSA) is 96.8 Å². The highest BCUT2D eigenvalue weighted by Gasteiger charge is 2.48. The Bertz CT molecular complexity index is 1150. The Hall–Kier alpha value is -2.52. The molecule has 3 aliphatic rings. The number of hydrogen-bond acceptors (Lipinski definition) is 6. The predicted molar refractivity (Wildman–Crippen MR) is 119 cm³/mol. The molecule has 6 rings (SSSR count). The molecule has 2 aliphatic heterocycles. The van der Waals surface area contributed by atoms with Crippen molar-refractivity contribution in [2.24, 2.45) is 0 Å². The lowest BCUT2D eigenvalue weighted by Crippen LogP contribution is -2.34. The zero-order valence-electron chi connectivity index (χ0n) is 18.1. The molecule has 0 unspecified atom stereocenters. The molecule has 7 nitrogen and oxygen atoms in total. The number of ether oxygens (including phenoxy) is 3. The Labute approximate surface area is 190 Å². The van der Waals surface area contributed by atoms with Gasteiger partial charge in [0.15, 0.2) is 17.8 Å². The van der Waals surface area contributed by atoms with E-state index < -0.39 is 11.9 Å². The molecule has 0 amide bonds. The van der Waals surface area contributed by atoms with Crippen LogP contribution in [-0.2, 0) is 9.47 Å². The van der Waals surface area contributed by atoms with Gasteiger partial charge in [-0.25, -0.2) is 9.37 Å². The van der Waals surface area contributed by atoms with Gasteiger partial charge in [-0.15, -0.1) is 0 Å². The van der Waals surface area contributed by atoms with Crippen molar-refractivity contribution in [1.82, 2.24) is 9.97 Å². The summed E-state index contributed by atoms with van der Waals surface area (Å²) in [6, 6.07) is 10.8. The fraction of sp³-hybridized carbons (Fsp3) is 0.480. The lowest BCUT2D eigenvalue weighted by atomic mass is 9.81. The molecule has 3 fully saturated rings. The van der Waals surface area contributed by atoms with E-state index in [0.717, 1.165) is 31.2 Å². The third-order valence-electron chi connectivity index (χ3n) is 7.13. The number of aromatic nitrogens is 2. The molecule has 2 aromatic heterocycles. The van der Waals surface area contributed by atoms with Crippen molar-refractivity contribution in [3.63, 3.8) is 0 Å². The van der Waals surface area contributed by atoms with Crippen molar-refractivity contribution in [2.45, 2.75) is 62.1 Å². The Kier molecular flexibility index (Phi) is 5.33. The van der Waals surface area contributed by atoms with Gasteiger partial charge in [0, 0.05) is 23.6 Å². The van der Waals surface area contributed by atoms with Crippen LogP contribution in [0.4, 0.5) is 4.39 Å². The number of benzene rings is 1. The Morgan fingerprint density at radius 2 is 1.76 bits per heavy atom. The number of H-pyrrole nitrogens is 1. The quantitative estimate of drug-likeness (QED) is 0.560. The van der Waals surface area contributed by atoms with Gasteiger partial charge in [-0.3, -0.25) is 0 Å². The number of aromatic amines is 1. The standard InChI is InChI=1S/C25H27FN2O5/c26-16-9-17-18(10-22(27-17)33-21-12-32-24-20(30)11-31-25(21)24)28-23(16)14-7-5-13(6-8-14)15-3-1-2-4-19(15)29/h5-10,15,19-21,24-25,27,29-30H,1-4,11-12H2/t15-,19-,20+,21+,24+,25+/m0/s1. The van der Waals surface area contributed by atoms with Crippen LogP contribution < -0.4 is 4.74 Å². The predicted octanol–water partition coefficient (Wildman–Crippen LogP) is 3.29. The van der Waals surface area contributed by atoms with E-state index in [1.807, 2.05) is 24.3 Å². The van der Waals surface area contributed by atoms with E-state index in [-0.39, 0.29) is 42.6 Å². The number of nitrogens with one attached hydrogen (secondary N) is 1. The molecule has 6 atom stereocenters. The van der Waals surface area contributed by atoms with Gasteiger partial charge >= 0.3 is 0 Å². The van der Waals surface area contributed by atoms with Crippen LogP contribution in [0.15, 0.2) is 36.4 Å². The van der Waals surface area contributed by atoms with Gasteiger partial charge in [-0.2, -0.15) is 0 Å². The fourth-order valence-corrected chi connectivity index (χ4v) is 5.37. The SMILES string of the molecule is O[C@@H]1CO[C@H]2[C@@H]1OC[C@H]2Oc1cc2nc(-c3ccc([C@@H]4CCCC[C@@H]4O)cc3)c(F)cc2[nH]1. The summed E-state index contributed by atoms with van der Waals surface area (Å²) in [6.45, 7) is 0.549. The number of aliphatic hydroxyl groups excluding tert-OH is 2. The van der Waals surface area contributed by atoms with Gasteiger partial charge in [0.05, 0.1) is 30.4 Å². The summed E-state index contributed by atoms with van der Waals surface area (Å²) >= 11 is 0. The Morgan fingerprint density at radius 3 is 2.58 bits per heavy atom. The highest BCUT2D eigenvalue weighted by molar-refractivity contribution is 5.80. The van der Waals surface area contributed by atoms with Gasteiger partial charge in [0.25, 0.3) is 0 Å². The molecular weight excluding hydrogens is 427 g/mol. The number of hydrogen-bond donors (Lipinski definition) is 3. The Balaban J connectivity index is 1.23. The molecule has 3 N–H and O–H groups in total. The number of halogens is 1. The summed E-state index contributed by atoms with van der Waals surface area (Å²) in [6.07, 6.45) is 1.98. The first-order chi connectivity index (χ1) is 16.1. The monoisotopic (exact) mass is 454 g/mol. The lowest BCUT2D eigenvalue weighted by Gasteiger charge is -2.28. The largest absolute Gasteiger partial charge is 0.470 e. The molecule has 1 saturated carbocycles. The summed E-state index contributed by atoms with van der Waals surface area (Å²) in [5, 5.41) is 20.2. The minimum absolute atomic E-state index is 0.140. The van der Waals surface area contributed by atoms with Crippen LogP contribution in [-0.4, -0.2) is 63.9 Å². The normalized spacial score (nSPS) is 31.7. The minimum Gasteiger partial charge on any atom is -0.470 e. The number of pyridine rings is 1. The smallest absolute Gasteiger partial charge is 0.193 e. The van der Waals surface area contributed by atoms with Crippen molar-refractivity contribution >= 4 is 11.0 Å². The lowest BCUT2D eigenvalue weighted by molar-refractivity contribution is 0.00794. The number of fused-ring (bicyclic) bond motifs is 2. The second-order valence-electron chi connectivity index (χ2n) is 9.29. The summed E-state index contributed by atoms with van der Waals surface area (Å²) < 4.78 is 32.1. The fourth-order valence-electron chi connectivity index (χ4n) is 5.37. The van der Waals surface area contributed by atoms with Gasteiger partial charge in [-0.1, -0.05) is 37.1 Å². The third kappa shape index (κ3) is 3.81. The molecule has 0 bridgehead atoms. The van der Waals surface area contributed by atoms with Crippen molar-refractivity contribution in [3.05, 3.63) is 47.8 Å². The van der Waals surface area contributed by atoms with Crippen LogP contribution in [0, 0.1) is 5.82 Å². The number of aliphatic hydroxyl groups is 2. The molecule has 33 heavy (non-hydrogen) atoms. The van der Waals surface area contributed by atoms with Gasteiger partial charge in [-0.05, 0) is 18.4 Å². The first kappa shape index (κ1) is 21.0. The van der Waals surface area contributed by atoms with Crippen LogP contribution in [0.2, 0.25) is 0 Å². The molecule has 4 heterocycles. The van der Waals surface area contributed by atoms with Gasteiger partial charge in [0.2, 0.25) is 0 Å². The molecule has 1 aliphatic carbocycles. The number of rotatable bonds is 4. The molecule has 0 radical (unpaired) electrons. The van der Waals surface area contributed by atoms with Crippen molar-refractivity contribution in [1.29, 1.82) is 0 Å². The maximum atomic E-state index is 14.9. The van der Waals surface area contributed by atoms with E-state index >= 15 is 0 Å². The highest BCUT2D eigenvalue weighted by atomic mass is 19.1. The second kappa shape index (κ2) is 8.36. The second-order valence-corrected chi connectivity index (χ2v) is 9.29. The van der Waals surface area contributed by atoms with E-state index in [0.29, 0.717) is 29.1 Å². The molecule has 174 valence electrons. The molecular formula is C25H27FN2O5. The maximum Gasteiger partial charge on any atom is 0.193 e. The Morgan fingerprint density at radius 1 is 0.970 bits per heavy atom. The molecule has 2 saturated heterocycles. The summed E-state index contributed by atoms with van der Waals surface area (Å²) in [4.78, 5) is 7.60. The van der Waals surface area contributed by atoms with Crippen LogP contribution >= 0.6 is 0 Å². The maximum absolute atomic E-state index is 14.9. The first-order valence-corrected chi connectivity index (χ1v) is 11.6. The van der Waals surface area contributed by atoms with E-state index in [1.54, 1.807) is 6.07 Å². The molecule has 0 spiro atoms. The zero-order chi connectivity index (χ0) is 22.5. The summed E-state index contributed by atoms with van der Waals surface area (Å²) in [5.74, 6) is 0.171. The van der Waals surface area contributed by atoms with Crippen LogP contribution in [0.5, 0.6) is 5.88 Å². The highest BCUT2D eigenvalue weighted by Crippen LogP contribution is 2.35. The summed E-state index contributed by atoms with van der Waals surface area (Å²) in [7, 11) is 0. The van der Waals surface area contributed by atoms with E-state index in [1.165, 1.54) is 6.07 Å². The van der Waals surface area contributed by atoms with E-state index in [9.17, 15) is 14.6 Å². The van der Waals surface area contributed by atoms with E-state index in [4.69, 9.17) is 14.2 Å². The van der Waals surface area contributed by atoms with Crippen LogP contribution in [0.3, 0.4) is 0 Å². The first-order valence-electron chi connectivity index (χ1n) is 11.6.